The van der Waals surface area contributed by atoms with Crippen LogP contribution >= 0.6 is 11.3 Å². The Hall–Kier alpha value is -1.66. The number of alkyl halides is 3. The Labute approximate surface area is 145 Å². The lowest BCUT2D eigenvalue weighted by molar-refractivity contribution is -0.147. The molecule has 0 spiro atoms. The molecule has 0 amide bonds. The lowest BCUT2D eigenvalue weighted by atomic mass is 10.1. The van der Waals surface area contributed by atoms with Crippen LogP contribution in [0.5, 0.6) is 0 Å². The van der Waals surface area contributed by atoms with E-state index in [0.29, 0.717) is 4.57 Å². The first-order valence-corrected chi connectivity index (χ1v) is 9.70. The van der Waals surface area contributed by atoms with Crippen molar-refractivity contribution in [1.82, 2.24) is 18.7 Å². The average Bonchev–Trinajstić information content (AvgIpc) is 3.17. The Morgan fingerprint density at radius 1 is 1.28 bits per heavy atom. The van der Waals surface area contributed by atoms with Crippen LogP contribution in [0.25, 0.3) is 0 Å². The van der Waals surface area contributed by atoms with Crippen LogP contribution in [0.15, 0.2) is 26.5 Å². The van der Waals surface area contributed by atoms with Crippen molar-refractivity contribution in [3.8, 4) is 0 Å². The molecule has 3 heterocycles. The standard InChI is InChI=1S/C13H15F3N4O3S2/c1-18-11(13(14,15)16)17-20(12(18)21)9-4-6-19(7-5-9)25(22,23)10-3-2-8-24-10/h2-3,8-9H,4-7H2,1H3. The summed E-state index contributed by atoms with van der Waals surface area (Å²) in [4.78, 5) is 12.0. The summed E-state index contributed by atoms with van der Waals surface area (Å²) >= 11 is 1.11. The number of rotatable bonds is 3. The Morgan fingerprint density at radius 2 is 1.92 bits per heavy atom. The van der Waals surface area contributed by atoms with E-state index in [2.05, 4.69) is 5.10 Å². The van der Waals surface area contributed by atoms with Gasteiger partial charge in [-0.25, -0.2) is 17.9 Å². The molecule has 0 radical (unpaired) electrons. The second-order valence-corrected chi connectivity index (χ2v) is 8.79. The van der Waals surface area contributed by atoms with Gasteiger partial charge in [-0.05, 0) is 24.3 Å². The molecule has 0 aromatic carbocycles. The Bertz CT molecular complexity index is 907. The van der Waals surface area contributed by atoms with Gasteiger partial charge in [0.15, 0.2) is 0 Å². The zero-order valence-corrected chi connectivity index (χ0v) is 14.7. The lowest BCUT2D eigenvalue weighted by Gasteiger charge is -2.30. The van der Waals surface area contributed by atoms with Crippen LogP contribution in [0.4, 0.5) is 13.2 Å². The first-order valence-electron chi connectivity index (χ1n) is 7.39. The summed E-state index contributed by atoms with van der Waals surface area (Å²) in [5, 5.41) is 5.08. The minimum atomic E-state index is -4.72. The van der Waals surface area contributed by atoms with E-state index in [1.807, 2.05) is 0 Å². The number of sulfonamides is 1. The molecule has 2 aromatic heterocycles. The van der Waals surface area contributed by atoms with Gasteiger partial charge in [0.05, 0.1) is 6.04 Å². The summed E-state index contributed by atoms with van der Waals surface area (Å²) in [5.74, 6) is -1.26. The molecule has 0 N–H and O–H groups in total. The third kappa shape index (κ3) is 3.25. The number of aromatic nitrogens is 3. The van der Waals surface area contributed by atoms with E-state index in [9.17, 15) is 26.4 Å². The molecule has 12 heteroatoms. The van der Waals surface area contributed by atoms with Crippen molar-refractivity contribution < 1.29 is 21.6 Å². The third-order valence-corrected chi connectivity index (χ3v) is 7.39. The fourth-order valence-corrected chi connectivity index (χ4v) is 5.42. The highest BCUT2D eigenvalue weighted by molar-refractivity contribution is 7.91. The number of hydrogen-bond donors (Lipinski definition) is 0. The topological polar surface area (TPSA) is 77.2 Å². The summed E-state index contributed by atoms with van der Waals surface area (Å²) in [7, 11) is -2.58. The van der Waals surface area contributed by atoms with Crippen molar-refractivity contribution in [3.63, 3.8) is 0 Å². The van der Waals surface area contributed by atoms with Crippen molar-refractivity contribution in [3.05, 3.63) is 33.8 Å². The van der Waals surface area contributed by atoms with E-state index >= 15 is 0 Å². The zero-order chi connectivity index (χ0) is 18.4. The number of thiophene rings is 1. The molecule has 0 unspecified atom stereocenters. The van der Waals surface area contributed by atoms with Crippen molar-refractivity contribution in [2.24, 2.45) is 7.05 Å². The number of nitrogens with zero attached hydrogens (tertiary/aromatic N) is 4. The maximum atomic E-state index is 12.9. The van der Waals surface area contributed by atoms with Crippen molar-refractivity contribution in [2.45, 2.75) is 29.3 Å². The molecule has 1 aliphatic heterocycles. The minimum absolute atomic E-state index is 0.120. The molecule has 1 aliphatic rings. The van der Waals surface area contributed by atoms with Crippen molar-refractivity contribution in [1.29, 1.82) is 0 Å². The van der Waals surface area contributed by atoms with Crippen molar-refractivity contribution >= 4 is 21.4 Å². The van der Waals surface area contributed by atoms with E-state index < -0.39 is 33.8 Å². The summed E-state index contributed by atoms with van der Waals surface area (Å²) in [6, 6.07) is 2.58. The van der Waals surface area contributed by atoms with Gasteiger partial charge in [-0.1, -0.05) is 6.07 Å². The number of hydrogen-bond acceptors (Lipinski definition) is 5. The summed E-state index contributed by atoms with van der Waals surface area (Å²) < 4.78 is 66.3. The van der Waals surface area contributed by atoms with E-state index in [0.717, 1.165) is 23.1 Å². The van der Waals surface area contributed by atoms with Gasteiger partial charge in [-0.2, -0.15) is 17.5 Å². The fourth-order valence-electron chi connectivity index (χ4n) is 2.81. The Balaban J connectivity index is 1.79. The molecule has 138 valence electrons. The predicted molar refractivity (Wildman–Crippen MR) is 83.8 cm³/mol. The normalized spacial score (nSPS) is 17.9. The van der Waals surface area contributed by atoms with Crippen LogP contribution in [-0.4, -0.2) is 40.2 Å². The maximum Gasteiger partial charge on any atom is 0.451 e. The molecular formula is C13H15F3N4O3S2. The molecule has 2 aromatic rings. The largest absolute Gasteiger partial charge is 0.451 e. The average molecular weight is 396 g/mol. The van der Waals surface area contributed by atoms with E-state index in [-0.39, 0.29) is 30.1 Å². The monoisotopic (exact) mass is 396 g/mol. The second kappa shape index (κ2) is 6.25. The highest BCUT2D eigenvalue weighted by Gasteiger charge is 2.39. The van der Waals surface area contributed by atoms with Gasteiger partial charge < -0.3 is 0 Å². The predicted octanol–water partition coefficient (Wildman–Crippen LogP) is 1.69. The first-order chi connectivity index (χ1) is 11.6. The first kappa shape index (κ1) is 18.1. The van der Waals surface area contributed by atoms with Gasteiger partial charge in [-0.15, -0.1) is 16.4 Å². The molecule has 25 heavy (non-hydrogen) atoms. The van der Waals surface area contributed by atoms with Gasteiger partial charge in [-0.3, -0.25) is 4.57 Å². The smallest absolute Gasteiger partial charge is 0.274 e. The van der Waals surface area contributed by atoms with Gasteiger partial charge in [0.2, 0.25) is 5.82 Å². The van der Waals surface area contributed by atoms with Crippen LogP contribution < -0.4 is 5.69 Å². The number of halogens is 3. The molecule has 0 bridgehead atoms. The van der Waals surface area contributed by atoms with E-state index in [1.165, 1.54) is 10.4 Å². The molecule has 1 saturated heterocycles. The van der Waals surface area contributed by atoms with Crippen LogP contribution in [0.3, 0.4) is 0 Å². The highest BCUT2D eigenvalue weighted by atomic mass is 32.2. The lowest BCUT2D eigenvalue weighted by Crippen LogP contribution is -2.40. The maximum absolute atomic E-state index is 12.9. The molecular weight excluding hydrogens is 381 g/mol. The highest BCUT2D eigenvalue weighted by Crippen LogP contribution is 2.30. The quantitative estimate of drug-likeness (QED) is 0.791. The molecule has 0 aliphatic carbocycles. The molecule has 1 fully saturated rings. The van der Waals surface area contributed by atoms with Crippen LogP contribution in [-0.2, 0) is 23.2 Å². The molecule has 7 nitrogen and oxygen atoms in total. The van der Waals surface area contributed by atoms with Gasteiger partial charge in [0.1, 0.15) is 4.21 Å². The second-order valence-electron chi connectivity index (χ2n) is 5.67. The van der Waals surface area contributed by atoms with Gasteiger partial charge in [0, 0.05) is 20.1 Å². The zero-order valence-electron chi connectivity index (χ0n) is 13.1. The summed E-state index contributed by atoms with van der Waals surface area (Å²) in [6.07, 6.45) is -4.28. The molecule has 0 atom stereocenters. The van der Waals surface area contributed by atoms with Crippen LogP contribution in [0, 0.1) is 0 Å². The summed E-state index contributed by atoms with van der Waals surface area (Å²) in [6.45, 7) is 0.241. The van der Waals surface area contributed by atoms with Gasteiger partial charge >= 0.3 is 11.9 Å². The van der Waals surface area contributed by atoms with E-state index in [4.69, 9.17) is 0 Å². The molecule has 0 saturated carbocycles. The SMILES string of the molecule is Cn1c(C(F)(F)F)nn(C2CCN(S(=O)(=O)c3cccs3)CC2)c1=O. The van der Waals surface area contributed by atoms with Crippen molar-refractivity contribution in [2.75, 3.05) is 13.1 Å². The van der Waals surface area contributed by atoms with E-state index in [1.54, 1.807) is 11.4 Å². The number of piperidine rings is 1. The minimum Gasteiger partial charge on any atom is -0.274 e. The molecule has 3 rings (SSSR count). The fraction of sp³-hybridized carbons (Fsp3) is 0.538. The Morgan fingerprint density at radius 3 is 2.40 bits per heavy atom. The summed E-state index contributed by atoms with van der Waals surface area (Å²) in [5.41, 5.74) is -0.855. The van der Waals surface area contributed by atoms with Crippen LogP contribution in [0.1, 0.15) is 24.7 Å². The third-order valence-electron chi connectivity index (χ3n) is 4.12. The van der Waals surface area contributed by atoms with Crippen LogP contribution in [0.2, 0.25) is 0 Å². The van der Waals surface area contributed by atoms with Gasteiger partial charge in [0.25, 0.3) is 10.0 Å². The Kier molecular flexibility index (Phi) is 4.54.